The Balaban J connectivity index is 0.000000418. The lowest BCUT2D eigenvalue weighted by atomic mass is 9.46. The highest BCUT2D eigenvalue weighted by molar-refractivity contribution is 8.76. The molecule has 24 heteroatoms. The molecule has 4 aliphatic carbocycles. The average Bonchev–Trinajstić information content (AvgIpc) is 1.67. The van der Waals surface area contributed by atoms with Crippen molar-refractivity contribution in [3.8, 4) is 0 Å². The van der Waals surface area contributed by atoms with Crippen LogP contribution in [0.15, 0.2) is 103 Å². The smallest absolute Gasteiger partial charge is 0.245 e. The van der Waals surface area contributed by atoms with E-state index in [1.807, 2.05) is 36.4 Å². The summed E-state index contributed by atoms with van der Waals surface area (Å²) in [6.07, 6.45) is 10.5. The number of fused-ring (bicyclic) bond motifs is 6. The van der Waals surface area contributed by atoms with Gasteiger partial charge in [-0.25, -0.2) is 0 Å². The molecule has 16 atom stereocenters. The van der Waals surface area contributed by atoms with Gasteiger partial charge >= 0.3 is 0 Å². The number of ketones is 1. The summed E-state index contributed by atoms with van der Waals surface area (Å²) in [5, 5.41) is 61.4. The first kappa shape index (κ1) is 72.2. The van der Waals surface area contributed by atoms with Crippen LogP contribution < -0.4 is 48.7 Å². The Morgan fingerprint density at radius 1 is 0.699 bits per heavy atom. The number of hydrogen-bond acceptors (Lipinski definition) is 16. The van der Waals surface area contributed by atoms with Crippen LogP contribution in [0.3, 0.4) is 0 Å². The van der Waals surface area contributed by atoms with Crippen LogP contribution in [-0.2, 0) is 57.6 Å². The Bertz CT molecular complexity index is 3280. The lowest BCUT2D eigenvalue weighted by Gasteiger charge is -2.58. The van der Waals surface area contributed by atoms with Crippen molar-refractivity contribution >= 4 is 79.6 Å². The molecule has 2 heterocycles. The highest BCUT2D eigenvalue weighted by Crippen LogP contribution is 2.67. The summed E-state index contributed by atoms with van der Waals surface area (Å²) in [7, 11) is 2.06. The van der Waals surface area contributed by atoms with Gasteiger partial charge in [0.15, 0.2) is 5.78 Å². The van der Waals surface area contributed by atoms with Crippen molar-refractivity contribution < 1.29 is 58.8 Å². The summed E-state index contributed by atoms with van der Waals surface area (Å²) in [6, 6.07) is 14.6. The number of amides is 7. The van der Waals surface area contributed by atoms with Gasteiger partial charge in [0.1, 0.15) is 36.3 Å². The normalized spacial score (nSPS) is 30.3. The highest BCUT2D eigenvalue weighted by atomic mass is 33.1. The van der Waals surface area contributed by atoms with Gasteiger partial charge in [0.05, 0.1) is 36.5 Å². The Morgan fingerprint density at radius 3 is 2.00 bits per heavy atom. The number of hydrogen-bond donors (Lipinski definition) is 14. The maximum atomic E-state index is 14.7. The third kappa shape index (κ3) is 18.0. The van der Waals surface area contributed by atoms with Crippen LogP contribution in [0, 0.1) is 28.6 Å². The summed E-state index contributed by atoms with van der Waals surface area (Å²) >= 11 is 0. The Kier molecular flexibility index (Phi) is 25.4. The van der Waals surface area contributed by atoms with Gasteiger partial charge in [-0.2, -0.15) is 0 Å². The van der Waals surface area contributed by atoms with Crippen molar-refractivity contribution in [2.24, 2.45) is 40.1 Å². The number of carbonyl (C=O) groups excluding carboxylic acids is 8. The molecule has 16 N–H and O–H groups in total. The summed E-state index contributed by atoms with van der Waals surface area (Å²) < 4.78 is 0. The number of unbranched alkanes of at least 4 members (excludes halogenated alkanes) is 1. The number of nitrogens with one attached hydrogen (secondary N) is 8. The Morgan fingerprint density at radius 2 is 1.32 bits per heavy atom. The Hall–Kier alpha value is -6.64. The number of benzene rings is 3. The molecule has 0 radical (unpaired) electrons. The van der Waals surface area contributed by atoms with Crippen molar-refractivity contribution in [1.82, 2.24) is 42.2 Å². The largest absolute Gasteiger partial charge is 0.394 e. The number of H-pyrrole nitrogens is 1. The summed E-state index contributed by atoms with van der Waals surface area (Å²) in [5.41, 5.74) is 16.3. The van der Waals surface area contributed by atoms with Gasteiger partial charge in [-0.05, 0) is 155 Å². The standard InChI is InChI=1S/C49H66N10O10S2.C20H30O2/c1-28(61)39(25-60)56-48(68)41-27-71-70-26-40(57-43(63)34(51)21-30-13-5-3-6-14-30)47(67)54-37(22-31-15-7-4-8-16-31)45(65)55-38(23-32-24-52-35-18-10-9-17-33(32)35)46(66)53-36(19-11-12-20-50)44(64)59-42(29(2)62)49(69)58-41;1-18-9-6-14(21)12-13(18)4-5-15-16(18)7-10-19(2)17(15)8-11-20(19,3)22/h3-10,13-18,24,28-29,34,36-42,52,60-62H,11-12,19-23,25-27,50-51H2,1-2H3,(H,53,66)(H,54,67)(H,55,65)(H,56,68)(H,57,63)(H,58,69)(H,59,64);12,15-17,22H,4-11H2,1-3H3/t28-,29?,34-,36+,37+,38-,39-,40+,41+,42+;15-,16+,17+,18+,19+,20+/m11/s1. The number of aromatic amines is 1. The van der Waals surface area contributed by atoms with E-state index in [0.717, 1.165) is 82.0 Å². The van der Waals surface area contributed by atoms with Gasteiger partial charge in [0, 0.05) is 47.9 Å². The van der Waals surface area contributed by atoms with Crippen LogP contribution in [-0.4, -0.2) is 163 Å². The molecule has 1 saturated heterocycles. The number of carbonyl (C=O) groups is 8. The van der Waals surface area contributed by atoms with Gasteiger partial charge in [0.25, 0.3) is 0 Å². The molecule has 506 valence electrons. The van der Waals surface area contributed by atoms with Gasteiger partial charge in [-0.15, -0.1) is 0 Å². The van der Waals surface area contributed by atoms with Crippen molar-refractivity contribution in [2.45, 2.75) is 191 Å². The van der Waals surface area contributed by atoms with Crippen molar-refractivity contribution in [1.29, 1.82) is 0 Å². The lowest BCUT2D eigenvalue weighted by Crippen LogP contribution is -2.62. The fourth-order valence-corrected chi connectivity index (χ4v) is 16.9. The molecule has 1 aromatic heterocycles. The van der Waals surface area contributed by atoms with E-state index in [2.05, 4.69) is 63.0 Å². The highest BCUT2D eigenvalue weighted by Gasteiger charge is 2.62. The summed E-state index contributed by atoms with van der Waals surface area (Å²) in [4.78, 5) is 115. The van der Waals surface area contributed by atoms with E-state index in [-0.39, 0.29) is 54.6 Å². The zero-order valence-corrected chi connectivity index (χ0v) is 55.6. The molecule has 0 bridgehead atoms. The Labute approximate surface area is 552 Å². The number of aliphatic hydroxyl groups excluding tert-OH is 3. The molecule has 3 saturated carbocycles. The molecule has 1 unspecified atom stereocenters. The summed E-state index contributed by atoms with van der Waals surface area (Å²) in [5.74, 6) is -3.51. The van der Waals surface area contributed by atoms with Gasteiger partial charge in [0.2, 0.25) is 41.4 Å². The second-order valence-corrected chi connectivity index (χ2v) is 29.3. The SMILES string of the molecule is CC(O)[C@@H]1NC(=O)[C@H](CCCCN)NC(=O)[C@@H](Cc2c[nH]c3ccccc23)NC(=O)[C@H](Cc2ccccc2)NC(=O)[C@@H](NC(=O)[C@H](N)Cc2ccccc2)CSSC[C@@H](C(=O)N[C@H](CO)[C@@H](C)O)NC1=O.C[C@]12CCC(=O)C=C1CC[C@@H]1[C@@H]2CC[C@@]2(C)[C@H]1CC[C@]2(C)O. The zero-order chi connectivity index (χ0) is 67.2. The fourth-order valence-electron chi connectivity index (χ4n) is 14.5. The monoisotopic (exact) mass is 1320 g/mol. The second-order valence-electron chi connectivity index (χ2n) is 26.7. The van der Waals surface area contributed by atoms with Crippen LogP contribution in [0.2, 0.25) is 0 Å². The van der Waals surface area contributed by atoms with Crippen LogP contribution in [0.4, 0.5) is 0 Å². The first-order chi connectivity index (χ1) is 44.4. The number of aliphatic hydroxyl groups is 4. The molecular weight excluding hydrogens is 1220 g/mol. The topological polar surface area (TPSA) is 370 Å². The van der Waals surface area contributed by atoms with E-state index in [9.17, 15) is 58.8 Å². The molecule has 4 fully saturated rings. The minimum Gasteiger partial charge on any atom is -0.394 e. The van der Waals surface area contributed by atoms with Crippen LogP contribution >= 0.6 is 21.6 Å². The van der Waals surface area contributed by atoms with Gasteiger partial charge in [-0.1, -0.05) is 120 Å². The maximum absolute atomic E-state index is 14.7. The van der Waals surface area contributed by atoms with Crippen molar-refractivity contribution in [2.75, 3.05) is 24.7 Å². The second kappa shape index (κ2) is 32.7. The lowest BCUT2D eigenvalue weighted by molar-refractivity contribution is -0.136. The minimum absolute atomic E-state index is 0.0340. The van der Waals surface area contributed by atoms with E-state index < -0.39 is 114 Å². The first-order valence-corrected chi connectivity index (χ1v) is 35.2. The maximum Gasteiger partial charge on any atom is 0.245 e. The van der Waals surface area contributed by atoms with E-state index >= 15 is 0 Å². The third-order valence-corrected chi connectivity index (χ3v) is 22.8. The molecule has 9 rings (SSSR count). The molecule has 4 aromatic rings. The van der Waals surface area contributed by atoms with Gasteiger partial charge in [-0.3, -0.25) is 38.4 Å². The average molecular weight is 1320 g/mol. The predicted molar refractivity (Wildman–Crippen MR) is 359 cm³/mol. The predicted octanol–water partition coefficient (Wildman–Crippen LogP) is 3.46. The minimum atomic E-state index is -1.66. The molecule has 0 spiro atoms. The van der Waals surface area contributed by atoms with Crippen molar-refractivity contribution in [3.63, 3.8) is 0 Å². The molecular formula is C69H96N10O12S2. The van der Waals surface area contributed by atoms with Crippen LogP contribution in [0.5, 0.6) is 0 Å². The number of allylic oxidation sites excluding steroid dienone is 1. The quantitative estimate of drug-likeness (QED) is 0.0532. The number of para-hydroxylation sites is 1. The van der Waals surface area contributed by atoms with Gasteiger partial charge < -0.3 is 74.1 Å². The van der Waals surface area contributed by atoms with E-state index in [4.69, 9.17) is 11.5 Å². The number of aromatic nitrogens is 1. The van der Waals surface area contributed by atoms with E-state index in [1.54, 1.807) is 60.8 Å². The molecule has 93 heavy (non-hydrogen) atoms. The van der Waals surface area contributed by atoms with Crippen molar-refractivity contribution in [3.05, 3.63) is 119 Å². The fraction of sp³-hybridized carbons (Fsp3) is 0.565. The molecule has 7 amide bonds. The number of nitrogens with two attached hydrogens (primary N) is 2. The van der Waals surface area contributed by atoms with E-state index in [1.165, 1.54) is 38.7 Å². The molecule has 3 aromatic carbocycles. The summed E-state index contributed by atoms with van der Waals surface area (Å²) in [6.45, 7) is 9.07. The van der Waals surface area contributed by atoms with Crippen LogP contribution in [0.25, 0.3) is 10.9 Å². The zero-order valence-electron chi connectivity index (χ0n) is 54.0. The molecule has 5 aliphatic rings. The number of rotatable bonds is 17. The molecule has 22 nitrogen and oxygen atoms in total. The molecule has 1 aliphatic heterocycles. The van der Waals surface area contributed by atoms with E-state index in [0.29, 0.717) is 35.7 Å². The first-order valence-electron chi connectivity index (χ1n) is 32.7. The van der Waals surface area contributed by atoms with Crippen LogP contribution in [0.1, 0.15) is 122 Å². The third-order valence-electron chi connectivity index (χ3n) is 20.4.